The lowest BCUT2D eigenvalue weighted by Gasteiger charge is -2.17. The fraction of sp³-hybridized carbons (Fsp3) is 0.800. The molecule has 1 heterocycles. The Morgan fingerprint density at radius 2 is 2.14 bits per heavy atom. The minimum atomic E-state index is 0.602. The molecule has 0 bridgehead atoms. The number of hydrogen-bond acceptors (Lipinski definition) is 3. The molecule has 2 N–H and O–H groups in total. The number of aromatic nitrogens is 3. The first-order valence-electron chi connectivity index (χ1n) is 5.46. The van der Waals surface area contributed by atoms with Gasteiger partial charge in [0.1, 0.15) is 5.82 Å². The topological polar surface area (TPSA) is 53.6 Å². The minimum Gasteiger partial charge on any atom is -0.313 e. The summed E-state index contributed by atoms with van der Waals surface area (Å²) in [5.41, 5.74) is 0. The average molecular weight is 194 g/mol. The monoisotopic (exact) mass is 194 g/mol. The van der Waals surface area contributed by atoms with Crippen molar-refractivity contribution in [3.63, 3.8) is 0 Å². The fourth-order valence-corrected chi connectivity index (χ4v) is 2.10. The quantitative estimate of drug-likeness (QED) is 0.768. The van der Waals surface area contributed by atoms with Gasteiger partial charge in [-0.1, -0.05) is 19.3 Å². The van der Waals surface area contributed by atoms with Gasteiger partial charge in [0.05, 0.1) is 6.54 Å². The van der Waals surface area contributed by atoms with E-state index >= 15 is 0 Å². The van der Waals surface area contributed by atoms with E-state index in [4.69, 9.17) is 0 Å². The summed E-state index contributed by atoms with van der Waals surface area (Å²) in [6.07, 6.45) is 6.57. The highest BCUT2D eigenvalue weighted by molar-refractivity contribution is 4.98. The van der Waals surface area contributed by atoms with Crippen molar-refractivity contribution in [2.45, 2.75) is 44.6 Å². The van der Waals surface area contributed by atoms with Crippen molar-refractivity contribution < 1.29 is 0 Å². The van der Waals surface area contributed by atoms with Gasteiger partial charge in [0.15, 0.2) is 5.82 Å². The summed E-state index contributed by atoms with van der Waals surface area (Å²) in [6, 6.07) is 0. The minimum absolute atomic E-state index is 0.602. The second-order valence-corrected chi connectivity index (χ2v) is 4.01. The third-order valence-electron chi connectivity index (χ3n) is 2.86. The molecule has 4 nitrogen and oxygen atoms in total. The van der Waals surface area contributed by atoms with Gasteiger partial charge in [0, 0.05) is 5.92 Å². The van der Waals surface area contributed by atoms with Crippen LogP contribution in [0, 0.1) is 0 Å². The van der Waals surface area contributed by atoms with E-state index < -0.39 is 0 Å². The molecule has 1 aromatic rings. The van der Waals surface area contributed by atoms with E-state index in [0.29, 0.717) is 5.92 Å². The van der Waals surface area contributed by atoms with Crippen LogP contribution in [0.4, 0.5) is 0 Å². The number of H-pyrrole nitrogens is 1. The third kappa shape index (κ3) is 2.12. The molecule has 0 aromatic carbocycles. The van der Waals surface area contributed by atoms with E-state index in [1.807, 2.05) is 7.05 Å². The van der Waals surface area contributed by atoms with E-state index in [1.54, 1.807) is 0 Å². The second-order valence-electron chi connectivity index (χ2n) is 4.01. The average Bonchev–Trinajstić information content (AvgIpc) is 2.68. The molecular formula is C10H18N4. The van der Waals surface area contributed by atoms with Crippen LogP contribution in [0.3, 0.4) is 0 Å². The van der Waals surface area contributed by atoms with Gasteiger partial charge in [-0.3, -0.25) is 5.10 Å². The molecule has 0 amide bonds. The molecule has 0 saturated heterocycles. The Kier molecular flexibility index (Phi) is 3.14. The van der Waals surface area contributed by atoms with Gasteiger partial charge in [-0.2, -0.15) is 5.10 Å². The van der Waals surface area contributed by atoms with Crippen LogP contribution in [0.2, 0.25) is 0 Å². The third-order valence-corrected chi connectivity index (χ3v) is 2.86. The second kappa shape index (κ2) is 4.55. The standard InChI is InChI=1S/C10H18N4/c1-11-7-9-12-10(14-13-9)8-5-3-2-4-6-8/h8,11H,2-7H2,1H3,(H,12,13,14). The predicted molar refractivity (Wildman–Crippen MR) is 55.0 cm³/mol. The van der Waals surface area contributed by atoms with Crippen molar-refractivity contribution in [3.05, 3.63) is 11.6 Å². The molecule has 0 unspecified atom stereocenters. The van der Waals surface area contributed by atoms with Crippen molar-refractivity contribution in [2.24, 2.45) is 0 Å². The number of rotatable bonds is 3. The summed E-state index contributed by atoms with van der Waals surface area (Å²) in [7, 11) is 1.92. The lowest BCUT2D eigenvalue weighted by atomic mass is 9.89. The van der Waals surface area contributed by atoms with E-state index in [1.165, 1.54) is 32.1 Å². The Balaban J connectivity index is 2.00. The van der Waals surface area contributed by atoms with Crippen LogP contribution in [0.15, 0.2) is 0 Å². The van der Waals surface area contributed by atoms with E-state index in [0.717, 1.165) is 18.2 Å². The normalized spacial score (nSPS) is 18.6. The zero-order valence-electron chi connectivity index (χ0n) is 8.71. The van der Waals surface area contributed by atoms with E-state index in [-0.39, 0.29) is 0 Å². The SMILES string of the molecule is CNCc1nc(C2CCCCC2)n[nH]1. The van der Waals surface area contributed by atoms with Gasteiger partial charge in [-0.05, 0) is 19.9 Å². The summed E-state index contributed by atoms with van der Waals surface area (Å²) in [5, 5.41) is 10.3. The first-order valence-corrected chi connectivity index (χ1v) is 5.46. The highest BCUT2D eigenvalue weighted by Crippen LogP contribution is 2.30. The highest BCUT2D eigenvalue weighted by Gasteiger charge is 2.19. The Bertz CT molecular complexity index is 275. The zero-order chi connectivity index (χ0) is 9.80. The van der Waals surface area contributed by atoms with Crippen molar-refractivity contribution in [1.82, 2.24) is 20.5 Å². The molecule has 1 fully saturated rings. The van der Waals surface area contributed by atoms with E-state index in [9.17, 15) is 0 Å². The molecule has 1 aromatic heterocycles. The molecule has 1 aliphatic rings. The Hall–Kier alpha value is -0.900. The maximum Gasteiger partial charge on any atom is 0.153 e. The largest absolute Gasteiger partial charge is 0.313 e. The Morgan fingerprint density at radius 3 is 2.86 bits per heavy atom. The van der Waals surface area contributed by atoms with Gasteiger partial charge in [0.2, 0.25) is 0 Å². The summed E-state index contributed by atoms with van der Waals surface area (Å²) in [5.74, 6) is 2.58. The van der Waals surface area contributed by atoms with Crippen LogP contribution in [-0.2, 0) is 6.54 Å². The first-order chi connectivity index (χ1) is 6.90. The molecule has 14 heavy (non-hydrogen) atoms. The maximum absolute atomic E-state index is 4.49. The number of aromatic amines is 1. The van der Waals surface area contributed by atoms with E-state index in [2.05, 4.69) is 20.5 Å². The molecular weight excluding hydrogens is 176 g/mol. The molecule has 0 spiro atoms. The van der Waals surface area contributed by atoms with Gasteiger partial charge < -0.3 is 5.32 Å². The predicted octanol–water partition coefficient (Wildman–Crippen LogP) is 1.57. The molecule has 0 aliphatic heterocycles. The van der Waals surface area contributed by atoms with Crippen molar-refractivity contribution >= 4 is 0 Å². The van der Waals surface area contributed by atoms with Crippen LogP contribution < -0.4 is 5.32 Å². The molecule has 4 heteroatoms. The number of nitrogens with one attached hydrogen (secondary N) is 2. The lowest BCUT2D eigenvalue weighted by molar-refractivity contribution is 0.429. The summed E-state index contributed by atoms with van der Waals surface area (Å²) in [6.45, 7) is 0.778. The van der Waals surface area contributed by atoms with Crippen LogP contribution in [0.25, 0.3) is 0 Å². The zero-order valence-corrected chi connectivity index (χ0v) is 8.71. The van der Waals surface area contributed by atoms with Gasteiger partial charge in [0.25, 0.3) is 0 Å². The Labute approximate surface area is 84.5 Å². The molecule has 0 radical (unpaired) electrons. The van der Waals surface area contributed by atoms with Crippen molar-refractivity contribution in [3.8, 4) is 0 Å². The summed E-state index contributed by atoms with van der Waals surface area (Å²) >= 11 is 0. The molecule has 2 rings (SSSR count). The molecule has 0 atom stereocenters. The van der Waals surface area contributed by atoms with Crippen LogP contribution in [0.5, 0.6) is 0 Å². The molecule has 1 aliphatic carbocycles. The summed E-state index contributed by atoms with van der Waals surface area (Å²) < 4.78 is 0. The highest BCUT2D eigenvalue weighted by atomic mass is 15.2. The molecule has 1 saturated carbocycles. The van der Waals surface area contributed by atoms with Crippen LogP contribution in [-0.4, -0.2) is 22.2 Å². The molecule has 78 valence electrons. The lowest BCUT2D eigenvalue weighted by Crippen LogP contribution is -2.08. The van der Waals surface area contributed by atoms with Crippen molar-refractivity contribution in [1.29, 1.82) is 0 Å². The van der Waals surface area contributed by atoms with Gasteiger partial charge in [-0.15, -0.1) is 0 Å². The van der Waals surface area contributed by atoms with Gasteiger partial charge >= 0.3 is 0 Å². The smallest absolute Gasteiger partial charge is 0.153 e. The van der Waals surface area contributed by atoms with Gasteiger partial charge in [-0.25, -0.2) is 4.98 Å². The first kappa shape index (κ1) is 9.65. The van der Waals surface area contributed by atoms with Crippen LogP contribution in [0.1, 0.15) is 49.7 Å². The van der Waals surface area contributed by atoms with Crippen LogP contribution >= 0.6 is 0 Å². The number of hydrogen-bond donors (Lipinski definition) is 2. The Morgan fingerprint density at radius 1 is 1.36 bits per heavy atom. The van der Waals surface area contributed by atoms with Crippen molar-refractivity contribution in [2.75, 3.05) is 7.05 Å². The summed E-state index contributed by atoms with van der Waals surface area (Å²) in [4.78, 5) is 4.49. The number of nitrogens with zero attached hydrogens (tertiary/aromatic N) is 2. The maximum atomic E-state index is 4.49. The fourth-order valence-electron chi connectivity index (χ4n) is 2.10.